The van der Waals surface area contributed by atoms with Crippen molar-refractivity contribution in [1.29, 1.82) is 0 Å². The fourth-order valence-electron chi connectivity index (χ4n) is 3.68. The average Bonchev–Trinajstić information content (AvgIpc) is 3.31. The highest BCUT2D eigenvalue weighted by Gasteiger charge is 2.19. The minimum atomic E-state index is -0.682. The highest BCUT2D eigenvalue weighted by molar-refractivity contribution is 5.94. The summed E-state index contributed by atoms with van der Waals surface area (Å²) in [6.07, 6.45) is 22.5. The Balaban J connectivity index is 1.83. The highest BCUT2D eigenvalue weighted by Crippen LogP contribution is 2.13. The Morgan fingerprint density at radius 2 is 1.32 bits per heavy atom. The highest BCUT2D eigenvalue weighted by atomic mass is 16.5. The molecule has 0 radical (unpaired) electrons. The minimum absolute atomic E-state index is 0.192. The summed E-state index contributed by atoms with van der Waals surface area (Å²) in [5.74, 6) is -0.616. The molecule has 1 unspecified atom stereocenters. The lowest BCUT2D eigenvalue weighted by Gasteiger charge is -2.12. The number of carbonyl (C=O) groups is 2. The van der Waals surface area contributed by atoms with Crippen LogP contribution < -0.4 is 5.32 Å². The van der Waals surface area contributed by atoms with Gasteiger partial charge in [0.2, 0.25) is 0 Å². The van der Waals surface area contributed by atoms with Gasteiger partial charge >= 0.3 is 5.97 Å². The second kappa shape index (κ2) is 18.9. The van der Waals surface area contributed by atoms with E-state index in [1.165, 1.54) is 96.2 Å². The van der Waals surface area contributed by atoms with E-state index in [9.17, 15) is 9.59 Å². The number of nitrogens with one attached hydrogen (secondary N) is 1. The summed E-state index contributed by atoms with van der Waals surface area (Å²) in [6, 6.07) is 2.51. The Bertz CT molecular complexity index is 556. The lowest BCUT2D eigenvalue weighted by atomic mass is 10.0. The van der Waals surface area contributed by atoms with E-state index in [2.05, 4.69) is 12.2 Å². The molecule has 0 fully saturated rings. The molecule has 31 heavy (non-hydrogen) atoms. The minimum Gasteiger partial charge on any atom is -0.464 e. The Kier molecular flexibility index (Phi) is 16.7. The van der Waals surface area contributed by atoms with Gasteiger partial charge in [-0.05, 0) is 25.5 Å². The molecule has 0 spiro atoms. The Morgan fingerprint density at radius 3 is 1.77 bits per heavy atom. The van der Waals surface area contributed by atoms with Crippen LogP contribution in [-0.2, 0) is 9.53 Å². The van der Waals surface area contributed by atoms with Gasteiger partial charge in [-0.25, -0.2) is 4.79 Å². The number of carbonyl (C=O) groups excluding carboxylic acids is 2. The maximum atomic E-state index is 11.9. The zero-order valence-corrected chi connectivity index (χ0v) is 20.0. The molecule has 1 atom stereocenters. The fraction of sp³-hybridized carbons (Fsp3) is 0.769. The van der Waals surface area contributed by atoms with Gasteiger partial charge in [-0.15, -0.1) is 0 Å². The smallest absolute Gasteiger partial charge is 0.328 e. The van der Waals surface area contributed by atoms with Crippen LogP contribution in [0.2, 0.25) is 0 Å². The van der Waals surface area contributed by atoms with Gasteiger partial charge in [-0.3, -0.25) is 4.79 Å². The van der Waals surface area contributed by atoms with Gasteiger partial charge in [0.05, 0.1) is 12.9 Å². The van der Waals surface area contributed by atoms with Crippen molar-refractivity contribution in [3.8, 4) is 0 Å². The number of hydrogen-bond acceptors (Lipinski definition) is 4. The van der Waals surface area contributed by atoms with Crippen molar-refractivity contribution in [1.82, 2.24) is 5.32 Å². The molecule has 1 aromatic heterocycles. The van der Waals surface area contributed by atoms with Crippen LogP contribution in [0.5, 0.6) is 0 Å². The molecule has 1 aromatic rings. The molecule has 0 aromatic carbocycles. The zero-order valence-electron chi connectivity index (χ0n) is 20.0. The first kappa shape index (κ1) is 27.3. The zero-order chi connectivity index (χ0) is 22.6. The first-order valence-electron chi connectivity index (χ1n) is 12.7. The maximum absolute atomic E-state index is 11.9. The predicted octanol–water partition coefficient (Wildman–Crippen LogP) is 7.20. The summed E-state index contributed by atoms with van der Waals surface area (Å²) in [5, 5.41) is 2.58. The number of unbranched alkanes of at least 4 members (excludes halogenated alkanes) is 15. The van der Waals surface area contributed by atoms with E-state index < -0.39 is 17.9 Å². The van der Waals surface area contributed by atoms with E-state index in [4.69, 9.17) is 9.15 Å². The topological polar surface area (TPSA) is 68.5 Å². The van der Waals surface area contributed by atoms with E-state index in [-0.39, 0.29) is 5.76 Å². The molecule has 178 valence electrons. The molecular formula is C26H45NO4. The van der Waals surface area contributed by atoms with Gasteiger partial charge in [0.15, 0.2) is 5.76 Å². The Morgan fingerprint density at radius 1 is 0.839 bits per heavy atom. The van der Waals surface area contributed by atoms with E-state index in [1.54, 1.807) is 19.1 Å². The number of esters is 1. The van der Waals surface area contributed by atoms with Crippen LogP contribution >= 0.6 is 0 Å². The third-order valence-electron chi connectivity index (χ3n) is 5.69. The van der Waals surface area contributed by atoms with Gasteiger partial charge in [0, 0.05) is 0 Å². The van der Waals surface area contributed by atoms with E-state index in [1.807, 2.05) is 0 Å². The lowest BCUT2D eigenvalue weighted by Crippen LogP contribution is -2.39. The lowest BCUT2D eigenvalue weighted by molar-refractivity contribution is -0.145. The Labute approximate surface area is 189 Å². The molecule has 0 aliphatic carbocycles. The largest absolute Gasteiger partial charge is 0.464 e. The summed E-state index contributed by atoms with van der Waals surface area (Å²) in [4.78, 5) is 23.8. The van der Waals surface area contributed by atoms with E-state index in [0.29, 0.717) is 6.61 Å². The summed E-state index contributed by atoms with van der Waals surface area (Å²) >= 11 is 0. The average molecular weight is 436 g/mol. The van der Waals surface area contributed by atoms with Crippen LogP contribution in [0.25, 0.3) is 0 Å². The van der Waals surface area contributed by atoms with Crippen molar-refractivity contribution in [2.75, 3.05) is 6.61 Å². The normalized spacial score (nSPS) is 11.9. The van der Waals surface area contributed by atoms with Crippen molar-refractivity contribution in [2.45, 2.75) is 123 Å². The molecule has 0 aliphatic rings. The number of furan rings is 1. The maximum Gasteiger partial charge on any atom is 0.328 e. The molecule has 5 heteroatoms. The van der Waals surface area contributed by atoms with Gasteiger partial charge < -0.3 is 14.5 Å². The summed E-state index contributed by atoms with van der Waals surface area (Å²) < 4.78 is 10.3. The van der Waals surface area contributed by atoms with Crippen LogP contribution in [0.15, 0.2) is 22.8 Å². The molecule has 5 nitrogen and oxygen atoms in total. The SMILES string of the molecule is CCCCCCCCCCCCCCCCCCOC(=O)C(C)NC(=O)c1ccco1. The first-order chi connectivity index (χ1) is 15.1. The third kappa shape index (κ3) is 14.8. The van der Waals surface area contributed by atoms with Crippen LogP contribution in [-0.4, -0.2) is 24.5 Å². The standard InChI is InChI=1S/C26H45NO4/c1-3-4-5-6-7-8-9-10-11-12-13-14-15-16-17-18-21-31-26(29)23(2)27-25(28)24-20-19-22-30-24/h19-20,22-23H,3-18,21H2,1-2H3,(H,27,28). The molecule has 0 saturated heterocycles. The summed E-state index contributed by atoms with van der Waals surface area (Å²) in [7, 11) is 0. The fourth-order valence-corrected chi connectivity index (χ4v) is 3.68. The molecule has 1 heterocycles. The van der Waals surface area contributed by atoms with E-state index in [0.717, 1.165) is 12.8 Å². The molecule has 1 amide bonds. The molecule has 1 N–H and O–H groups in total. The molecule has 0 saturated carbocycles. The van der Waals surface area contributed by atoms with Gasteiger partial charge in [0.25, 0.3) is 5.91 Å². The van der Waals surface area contributed by atoms with Crippen molar-refractivity contribution in [2.24, 2.45) is 0 Å². The quantitative estimate of drug-likeness (QED) is 0.174. The predicted molar refractivity (Wildman–Crippen MR) is 126 cm³/mol. The van der Waals surface area contributed by atoms with Crippen LogP contribution in [0.1, 0.15) is 127 Å². The monoisotopic (exact) mass is 435 g/mol. The van der Waals surface area contributed by atoms with E-state index >= 15 is 0 Å². The van der Waals surface area contributed by atoms with Gasteiger partial charge in [-0.1, -0.05) is 103 Å². The second-order valence-electron chi connectivity index (χ2n) is 8.64. The molecular weight excluding hydrogens is 390 g/mol. The number of amides is 1. The summed E-state index contributed by atoms with van der Waals surface area (Å²) in [5.41, 5.74) is 0. The van der Waals surface area contributed by atoms with Crippen molar-refractivity contribution >= 4 is 11.9 Å². The first-order valence-corrected chi connectivity index (χ1v) is 12.7. The third-order valence-corrected chi connectivity index (χ3v) is 5.69. The molecule has 0 aliphatic heterocycles. The number of ether oxygens (including phenoxy) is 1. The van der Waals surface area contributed by atoms with Gasteiger partial charge in [-0.2, -0.15) is 0 Å². The number of rotatable bonds is 20. The van der Waals surface area contributed by atoms with Crippen LogP contribution in [0, 0.1) is 0 Å². The Hall–Kier alpha value is -1.78. The van der Waals surface area contributed by atoms with Crippen molar-refractivity contribution in [3.05, 3.63) is 24.2 Å². The second-order valence-corrected chi connectivity index (χ2v) is 8.64. The van der Waals surface area contributed by atoms with Gasteiger partial charge in [0.1, 0.15) is 6.04 Å². The number of hydrogen-bond donors (Lipinski definition) is 1. The summed E-state index contributed by atoms with van der Waals surface area (Å²) in [6.45, 7) is 4.31. The van der Waals surface area contributed by atoms with Crippen molar-refractivity contribution < 1.29 is 18.7 Å². The molecule has 1 rings (SSSR count). The van der Waals surface area contributed by atoms with Crippen LogP contribution in [0.3, 0.4) is 0 Å². The molecule has 0 bridgehead atoms. The van der Waals surface area contributed by atoms with Crippen LogP contribution in [0.4, 0.5) is 0 Å². The van der Waals surface area contributed by atoms with Crippen molar-refractivity contribution in [3.63, 3.8) is 0 Å².